The second-order valence-corrected chi connectivity index (χ2v) is 2.01. The van der Waals surface area contributed by atoms with Gasteiger partial charge in [-0.05, 0) is 6.42 Å². The van der Waals surface area contributed by atoms with E-state index in [1.54, 1.807) is 11.9 Å². The molecule has 1 fully saturated rings. The number of nitrogens with zero attached hydrogens (tertiary/aromatic N) is 1. The lowest BCUT2D eigenvalue weighted by molar-refractivity contribution is 0.199. The summed E-state index contributed by atoms with van der Waals surface area (Å²) in [4.78, 5) is 12.3. The third-order valence-corrected chi connectivity index (χ3v) is 1.29. The van der Waals surface area contributed by atoms with Gasteiger partial charge >= 0.3 is 6.03 Å². The summed E-state index contributed by atoms with van der Waals surface area (Å²) in [6.07, 6.45) is 1.07. The first-order valence-corrected chi connectivity index (χ1v) is 4.79. The Morgan fingerprint density at radius 1 is 1.25 bits per heavy atom. The minimum Gasteiger partial charge on any atom is -0.338 e. The number of carbonyl (C=O) groups excluding carboxylic acids is 1. The average molecular weight is 174 g/mol. The van der Waals surface area contributed by atoms with Gasteiger partial charge < -0.3 is 10.2 Å². The van der Waals surface area contributed by atoms with Gasteiger partial charge in [-0.2, -0.15) is 0 Å². The van der Waals surface area contributed by atoms with Gasteiger partial charge in [0.05, 0.1) is 0 Å². The van der Waals surface area contributed by atoms with Crippen LogP contribution in [0.2, 0.25) is 0 Å². The fourth-order valence-electron chi connectivity index (χ4n) is 0.748. The summed E-state index contributed by atoms with van der Waals surface area (Å²) < 4.78 is 0. The first-order valence-electron chi connectivity index (χ1n) is 4.79. The normalized spacial score (nSPS) is 14.8. The van der Waals surface area contributed by atoms with Gasteiger partial charge in [-0.1, -0.05) is 27.7 Å². The number of urea groups is 1. The van der Waals surface area contributed by atoms with Crippen LogP contribution in [0.5, 0.6) is 0 Å². The van der Waals surface area contributed by atoms with Crippen LogP contribution in [-0.4, -0.2) is 31.1 Å². The van der Waals surface area contributed by atoms with Crippen LogP contribution in [0.15, 0.2) is 0 Å². The summed E-state index contributed by atoms with van der Waals surface area (Å²) in [7, 11) is 1.80. The van der Waals surface area contributed by atoms with E-state index >= 15 is 0 Å². The van der Waals surface area contributed by atoms with E-state index in [1.165, 1.54) is 0 Å². The van der Waals surface area contributed by atoms with Crippen molar-refractivity contribution < 1.29 is 4.79 Å². The molecule has 0 aromatic rings. The van der Waals surface area contributed by atoms with E-state index in [-0.39, 0.29) is 6.03 Å². The highest BCUT2D eigenvalue weighted by atomic mass is 16.2. The summed E-state index contributed by atoms with van der Waals surface area (Å²) in [5, 5.41) is 2.72. The molecular weight excluding hydrogens is 152 g/mol. The lowest BCUT2D eigenvalue weighted by Crippen LogP contribution is -2.43. The van der Waals surface area contributed by atoms with Crippen LogP contribution in [-0.2, 0) is 0 Å². The number of amides is 2. The molecule has 3 heteroatoms. The molecule has 1 aliphatic heterocycles. The Morgan fingerprint density at radius 3 is 2.00 bits per heavy atom. The number of hydrogen-bond donors (Lipinski definition) is 1. The molecule has 0 saturated carbocycles. The largest absolute Gasteiger partial charge is 0.338 e. The highest BCUT2D eigenvalue weighted by Crippen LogP contribution is 1.92. The maximum Gasteiger partial charge on any atom is 0.317 e. The molecule has 3 nitrogen and oxygen atoms in total. The van der Waals surface area contributed by atoms with E-state index in [2.05, 4.69) is 5.32 Å². The lowest BCUT2D eigenvalue weighted by atomic mass is 10.3. The molecule has 2 amide bonds. The van der Waals surface area contributed by atoms with Crippen molar-refractivity contribution in [1.82, 2.24) is 10.2 Å². The predicted molar refractivity (Wildman–Crippen MR) is 53.3 cm³/mol. The van der Waals surface area contributed by atoms with Crippen LogP contribution in [0, 0.1) is 0 Å². The van der Waals surface area contributed by atoms with Crippen LogP contribution in [0.3, 0.4) is 0 Å². The fraction of sp³-hybridized carbons (Fsp3) is 0.889. The second kappa shape index (κ2) is 10.3. The van der Waals surface area contributed by atoms with Crippen LogP contribution < -0.4 is 5.32 Å². The molecule has 0 bridgehead atoms. The molecule has 1 rings (SSSR count). The van der Waals surface area contributed by atoms with Gasteiger partial charge in [0.25, 0.3) is 0 Å². The Morgan fingerprint density at radius 2 is 1.75 bits per heavy atom. The molecule has 0 aromatic carbocycles. The standard InChI is InChI=1S/C5H10N2O.2C2H6/c1-7-4-2-3-6-5(7)8;2*1-2/h2-4H2,1H3,(H,6,8);2*1-2H3. The topological polar surface area (TPSA) is 32.3 Å². The van der Waals surface area contributed by atoms with Crippen molar-refractivity contribution in [2.75, 3.05) is 20.1 Å². The molecule has 1 saturated heterocycles. The molecule has 0 aromatic heterocycles. The smallest absolute Gasteiger partial charge is 0.317 e. The number of nitrogens with one attached hydrogen (secondary N) is 1. The molecule has 74 valence electrons. The molecule has 0 radical (unpaired) electrons. The molecule has 1 heterocycles. The summed E-state index contributed by atoms with van der Waals surface area (Å²) in [6.45, 7) is 9.73. The van der Waals surface area contributed by atoms with Gasteiger partial charge in [0.15, 0.2) is 0 Å². The quantitative estimate of drug-likeness (QED) is 0.599. The monoisotopic (exact) mass is 174 g/mol. The minimum absolute atomic E-state index is 0.0521. The van der Waals surface area contributed by atoms with Crippen molar-refractivity contribution in [2.45, 2.75) is 34.1 Å². The Bertz CT molecular complexity index is 105. The first kappa shape index (κ1) is 13.8. The number of rotatable bonds is 0. The SMILES string of the molecule is CC.CC.CN1CCCNC1=O. The molecule has 1 N–H and O–H groups in total. The summed E-state index contributed by atoms with van der Waals surface area (Å²) in [5.74, 6) is 0. The van der Waals surface area contributed by atoms with E-state index in [4.69, 9.17) is 0 Å². The van der Waals surface area contributed by atoms with Crippen molar-refractivity contribution in [2.24, 2.45) is 0 Å². The van der Waals surface area contributed by atoms with Crippen molar-refractivity contribution in [1.29, 1.82) is 0 Å². The molecule has 12 heavy (non-hydrogen) atoms. The zero-order chi connectivity index (χ0) is 9.98. The van der Waals surface area contributed by atoms with Crippen molar-refractivity contribution in [3.05, 3.63) is 0 Å². The van der Waals surface area contributed by atoms with Gasteiger partial charge in [0.2, 0.25) is 0 Å². The predicted octanol–water partition coefficient (Wildman–Crippen LogP) is 2.08. The van der Waals surface area contributed by atoms with Crippen LogP contribution in [0.4, 0.5) is 4.79 Å². The van der Waals surface area contributed by atoms with Crippen LogP contribution in [0.1, 0.15) is 34.1 Å². The van der Waals surface area contributed by atoms with Gasteiger partial charge in [-0.15, -0.1) is 0 Å². The molecule has 0 aliphatic carbocycles. The summed E-state index contributed by atoms with van der Waals surface area (Å²) in [6, 6.07) is 0.0521. The molecule has 1 aliphatic rings. The fourth-order valence-corrected chi connectivity index (χ4v) is 0.748. The van der Waals surface area contributed by atoms with Crippen molar-refractivity contribution >= 4 is 6.03 Å². The van der Waals surface area contributed by atoms with E-state index < -0.39 is 0 Å². The Labute approximate surface area is 76.1 Å². The number of hydrogen-bond acceptors (Lipinski definition) is 1. The molecular formula is C9H22N2O. The highest BCUT2D eigenvalue weighted by molar-refractivity contribution is 5.74. The summed E-state index contributed by atoms with van der Waals surface area (Å²) >= 11 is 0. The van der Waals surface area contributed by atoms with Gasteiger partial charge in [0, 0.05) is 20.1 Å². The first-order chi connectivity index (χ1) is 5.80. The van der Waals surface area contributed by atoms with E-state index in [0.717, 1.165) is 19.5 Å². The zero-order valence-corrected chi connectivity index (χ0v) is 8.98. The van der Waals surface area contributed by atoms with E-state index in [9.17, 15) is 4.79 Å². The maximum absolute atomic E-state index is 10.6. The van der Waals surface area contributed by atoms with Gasteiger partial charge in [-0.25, -0.2) is 4.79 Å². The molecule has 0 unspecified atom stereocenters. The third-order valence-electron chi connectivity index (χ3n) is 1.29. The van der Waals surface area contributed by atoms with Crippen molar-refractivity contribution in [3.8, 4) is 0 Å². The van der Waals surface area contributed by atoms with Crippen LogP contribution in [0.25, 0.3) is 0 Å². The maximum atomic E-state index is 10.6. The second-order valence-electron chi connectivity index (χ2n) is 2.01. The molecule has 0 spiro atoms. The van der Waals surface area contributed by atoms with Gasteiger partial charge in [-0.3, -0.25) is 0 Å². The Hall–Kier alpha value is -0.730. The van der Waals surface area contributed by atoms with Gasteiger partial charge in [0.1, 0.15) is 0 Å². The lowest BCUT2D eigenvalue weighted by Gasteiger charge is -2.22. The Balaban J connectivity index is 0. The van der Waals surface area contributed by atoms with E-state index in [0.29, 0.717) is 0 Å². The Kier molecular flexibility index (Phi) is 11.8. The van der Waals surface area contributed by atoms with Crippen LogP contribution >= 0.6 is 0 Å². The zero-order valence-electron chi connectivity index (χ0n) is 8.98. The average Bonchev–Trinajstić information content (AvgIpc) is 2.17. The third kappa shape index (κ3) is 6.01. The molecule has 0 atom stereocenters. The summed E-state index contributed by atoms with van der Waals surface area (Å²) in [5.41, 5.74) is 0. The highest BCUT2D eigenvalue weighted by Gasteiger charge is 2.10. The number of carbonyl (C=O) groups is 1. The van der Waals surface area contributed by atoms with E-state index in [1.807, 2.05) is 27.7 Å². The van der Waals surface area contributed by atoms with Crippen molar-refractivity contribution in [3.63, 3.8) is 0 Å². The minimum atomic E-state index is 0.0521.